The molecule has 2 N–H and O–H groups in total. The highest BCUT2D eigenvalue weighted by Crippen LogP contribution is 2.23. The fourth-order valence-electron chi connectivity index (χ4n) is 3.20. The largest absolute Gasteiger partial charge is 0.484 e. The van der Waals surface area contributed by atoms with E-state index in [1.54, 1.807) is 48.5 Å². The third-order valence-corrected chi connectivity index (χ3v) is 5.34. The van der Waals surface area contributed by atoms with Crippen LogP contribution >= 0.6 is 11.6 Å². The first-order chi connectivity index (χ1) is 16.4. The number of hydrogen-bond donors (Lipinski definition) is 2. The van der Waals surface area contributed by atoms with Crippen molar-refractivity contribution in [2.24, 2.45) is 5.10 Å². The van der Waals surface area contributed by atoms with Crippen LogP contribution in [0.2, 0.25) is 5.02 Å². The normalized spacial score (nSPS) is 11.0. The zero-order chi connectivity index (χ0) is 24.1. The number of nitrogens with zero attached hydrogens (tertiary/aromatic N) is 1. The summed E-state index contributed by atoms with van der Waals surface area (Å²) >= 11 is 5.96. The molecular formula is C26H22ClN3O4. The van der Waals surface area contributed by atoms with Gasteiger partial charge in [-0.15, -0.1) is 0 Å². The van der Waals surface area contributed by atoms with E-state index in [-0.39, 0.29) is 18.3 Å². The molecule has 4 aromatic rings. The molecule has 1 aromatic heterocycles. The molecule has 172 valence electrons. The Balaban J connectivity index is 1.31. The molecule has 0 unspecified atom stereocenters. The van der Waals surface area contributed by atoms with Crippen molar-refractivity contribution < 1.29 is 18.7 Å². The fraction of sp³-hybridized carbons (Fsp3) is 0.115. The number of anilines is 1. The second-order valence-corrected chi connectivity index (χ2v) is 8.14. The van der Waals surface area contributed by atoms with Crippen molar-refractivity contribution in [3.63, 3.8) is 0 Å². The number of rotatable bonds is 7. The van der Waals surface area contributed by atoms with Crippen molar-refractivity contribution in [3.05, 3.63) is 94.2 Å². The van der Waals surface area contributed by atoms with E-state index in [1.165, 1.54) is 6.21 Å². The molecule has 4 rings (SSSR count). The van der Waals surface area contributed by atoms with Gasteiger partial charge in [-0.3, -0.25) is 9.59 Å². The second-order valence-electron chi connectivity index (χ2n) is 7.70. The summed E-state index contributed by atoms with van der Waals surface area (Å²) in [6.07, 6.45) is 1.47. The molecule has 0 aliphatic rings. The summed E-state index contributed by atoms with van der Waals surface area (Å²) in [5, 5.41) is 8.07. The molecule has 0 saturated heterocycles. The van der Waals surface area contributed by atoms with Crippen molar-refractivity contribution in [3.8, 4) is 5.75 Å². The van der Waals surface area contributed by atoms with Crippen LogP contribution < -0.4 is 15.5 Å². The van der Waals surface area contributed by atoms with Crippen LogP contribution in [-0.2, 0) is 4.79 Å². The van der Waals surface area contributed by atoms with Gasteiger partial charge in [-0.05, 0) is 79.1 Å². The van der Waals surface area contributed by atoms with Gasteiger partial charge in [0.25, 0.3) is 5.91 Å². The first-order valence-corrected chi connectivity index (χ1v) is 10.9. The zero-order valence-corrected chi connectivity index (χ0v) is 19.3. The summed E-state index contributed by atoms with van der Waals surface area (Å²) in [4.78, 5) is 24.5. The lowest BCUT2D eigenvalue weighted by Gasteiger charge is -2.09. The summed E-state index contributed by atoms with van der Waals surface area (Å²) in [5.41, 5.74) is 6.65. The van der Waals surface area contributed by atoms with Crippen LogP contribution in [0.4, 0.5) is 5.69 Å². The van der Waals surface area contributed by atoms with E-state index in [0.29, 0.717) is 21.9 Å². The monoisotopic (exact) mass is 475 g/mol. The number of ether oxygens (including phenoxy) is 1. The molecule has 3 aromatic carbocycles. The number of benzene rings is 3. The predicted octanol–water partition coefficient (Wildman–Crippen LogP) is 5.48. The molecule has 0 atom stereocenters. The molecule has 7 nitrogen and oxygen atoms in total. The van der Waals surface area contributed by atoms with E-state index in [2.05, 4.69) is 15.8 Å². The van der Waals surface area contributed by atoms with Gasteiger partial charge >= 0.3 is 5.91 Å². The van der Waals surface area contributed by atoms with Gasteiger partial charge in [-0.2, -0.15) is 5.10 Å². The molecular weight excluding hydrogens is 454 g/mol. The van der Waals surface area contributed by atoms with E-state index >= 15 is 0 Å². The van der Waals surface area contributed by atoms with Gasteiger partial charge in [0.1, 0.15) is 11.3 Å². The van der Waals surface area contributed by atoms with Crippen molar-refractivity contribution >= 4 is 46.3 Å². The van der Waals surface area contributed by atoms with Crippen LogP contribution in [0.5, 0.6) is 5.75 Å². The quantitative estimate of drug-likeness (QED) is 0.273. The highest BCUT2D eigenvalue weighted by atomic mass is 35.5. The number of hydrazone groups is 1. The average molecular weight is 476 g/mol. The number of furan rings is 1. The lowest BCUT2D eigenvalue weighted by atomic mass is 10.1. The van der Waals surface area contributed by atoms with Gasteiger partial charge in [0, 0.05) is 16.1 Å². The van der Waals surface area contributed by atoms with Crippen LogP contribution in [0.15, 0.2) is 76.2 Å². The highest BCUT2D eigenvalue weighted by Gasteiger charge is 2.12. The Morgan fingerprint density at radius 2 is 1.88 bits per heavy atom. The van der Waals surface area contributed by atoms with Crippen molar-refractivity contribution in [1.82, 2.24) is 5.43 Å². The molecule has 0 spiro atoms. The molecule has 0 aliphatic carbocycles. The topological polar surface area (TPSA) is 92.9 Å². The third kappa shape index (κ3) is 5.82. The van der Waals surface area contributed by atoms with Crippen molar-refractivity contribution in [2.75, 3.05) is 11.9 Å². The predicted molar refractivity (Wildman–Crippen MR) is 133 cm³/mol. The first kappa shape index (κ1) is 23.1. The van der Waals surface area contributed by atoms with Crippen molar-refractivity contribution in [1.29, 1.82) is 0 Å². The van der Waals surface area contributed by atoms with E-state index in [4.69, 9.17) is 20.8 Å². The number of aryl methyl sites for hydroxylation is 2. The maximum atomic E-state index is 12.3. The molecule has 0 radical (unpaired) electrons. The number of fused-ring (bicyclic) bond motifs is 1. The Labute approximate surface area is 201 Å². The fourth-order valence-corrected chi connectivity index (χ4v) is 3.38. The maximum Gasteiger partial charge on any atom is 0.307 e. The molecule has 0 aliphatic heterocycles. The Morgan fingerprint density at radius 1 is 1.03 bits per heavy atom. The molecule has 0 saturated carbocycles. The lowest BCUT2D eigenvalue weighted by Crippen LogP contribution is -2.20. The van der Waals surface area contributed by atoms with Gasteiger partial charge in [0.2, 0.25) is 0 Å². The molecule has 0 fully saturated rings. The smallest absolute Gasteiger partial charge is 0.307 e. The van der Waals surface area contributed by atoms with E-state index in [1.807, 2.05) is 32.0 Å². The molecule has 34 heavy (non-hydrogen) atoms. The molecule has 2 amide bonds. The second kappa shape index (κ2) is 10.2. The Morgan fingerprint density at radius 3 is 2.71 bits per heavy atom. The minimum absolute atomic E-state index is 0.126. The Bertz CT molecular complexity index is 1390. The summed E-state index contributed by atoms with van der Waals surface area (Å²) in [6, 6.07) is 19.4. The summed E-state index contributed by atoms with van der Waals surface area (Å²) < 4.78 is 11.1. The number of amides is 2. The van der Waals surface area contributed by atoms with E-state index < -0.39 is 5.91 Å². The number of halogens is 1. The summed E-state index contributed by atoms with van der Waals surface area (Å²) in [7, 11) is 0. The number of carbonyl (C=O) groups is 2. The number of hydrogen-bond acceptors (Lipinski definition) is 5. The SMILES string of the molecule is Cc1ccc(NC(=O)COc2cccc(/C=N\NC(=O)c3cc4cc(Cl)ccc4o3)c2)cc1C. The Kier molecular flexibility index (Phi) is 6.94. The zero-order valence-electron chi connectivity index (χ0n) is 18.6. The third-order valence-electron chi connectivity index (χ3n) is 5.10. The average Bonchev–Trinajstić information content (AvgIpc) is 3.24. The molecule has 8 heteroatoms. The standard InChI is InChI=1S/C26H22ClN3O4/c1-16-6-8-21(10-17(16)2)29-25(31)15-33-22-5-3-4-18(11-22)14-28-30-26(32)24-13-19-12-20(27)7-9-23(19)34-24/h3-14H,15H2,1-2H3,(H,29,31)(H,30,32)/b28-14-. The Hall–Kier alpha value is -4.10. The van der Waals surface area contributed by atoms with Crippen LogP contribution in [-0.4, -0.2) is 24.6 Å². The molecule has 1 heterocycles. The van der Waals surface area contributed by atoms with Gasteiger partial charge in [-0.1, -0.05) is 29.8 Å². The van der Waals surface area contributed by atoms with Crippen LogP contribution in [0.25, 0.3) is 11.0 Å². The van der Waals surface area contributed by atoms with Crippen LogP contribution in [0.1, 0.15) is 27.2 Å². The van der Waals surface area contributed by atoms with Crippen molar-refractivity contribution in [2.45, 2.75) is 13.8 Å². The van der Waals surface area contributed by atoms with Gasteiger partial charge < -0.3 is 14.5 Å². The maximum absolute atomic E-state index is 12.3. The number of carbonyl (C=O) groups excluding carboxylic acids is 2. The van der Waals surface area contributed by atoms with Gasteiger partial charge in [-0.25, -0.2) is 5.43 Å². The van der Waals surface area contributed by atoms with Gasteiger partial charge in [0.15, 0.2) is 12.4 Å². The number of nitrogens with one attached hydrogen (secondary N) is 2. The first-order valence-electron chi connectivity index (χ1n) is 10.5. The van der Waals surface area contributed by atoms with Crippen LogP contribution in [0, 0.1) is 13.8 Å². The molecule has 0 bridgehead atoms. The minimum Gasteiger partial charge on any atom is -0.484 e. The van der Waals surface area contributed by atoms with Gasteiger partial charge in [0.05, 0.1) is 6.21 Å². The minimum atomic E-state index is -0.487. The summed E-state index contributed by atoms with van der Waals surface area (Å²) in [6.45, 7) is 3.87. The summed E-state index contributed by atoms with van der Waals surface area (Å²) in [5.74, 6) is -0.123. The highest BCUT2D eigenvalue weighted by molar-refractivity contribution is 6.31. The van der Waals surface area contributed by atoms with E-state index in [9.17, 15) is 9.59 Å². The van der Waals surface area contributed by atoms with Crippen LogP contribution in [0.3, 0.4) is 0 Å². The lowest BCUT2D eigenvalue weighted by molar-refractivity contribution is -0.118. The van der Waals surface area contributed by atoms with E-state index in [0.717, 1.165) is 22.2 Å².